The average Bonchev–Trinajstić information content (AvgIpc) is 3.60. The third-order valence-electron chi connectivity index (χ3n) is 6.97. The lowest BCUT2D eigenvalue weighted by Crippen LogP contribution is -2.40. The van der Waals surface area contributed by atoms with Crippen molar-refractivity contribution in [2.75, 3.05) is 12.4 Å². The Balaban J connectivity index is 1.46. The number of allylic oxidation sites excluding steroid dienone is 1. The molecule has 0 saturated heterocycles. The van der Waals surface area contributed by atoms with Gasteiger partial charge in [-0.15, -0.1) is 0 Å². The normalized spacial score (nSPS) is 14.7. The fourth-order valence-corrected chi connectivity index (χ4v) is 6.03. The number of carbonyl (C=O) groups is 1. The van der Waals surface area contributed by atoms with Crippen LogP contribution in [0, 0.1) is 10.1 Å². The maximum Gasteiger partial charge on any atom is 0.280 e. The number of benzene rings is 3. The van der Waals surface area contributed by atoms with E-state index in [-0.39, 0.29) is 17.2 Å². The topological polar surface area (TPSA) is 129 Å². The van der Waals surface area contributed by atoms with Gasteiger partial charge in [0.25, 0.3) is 17.2 Å². The van der Waals surface area contributed by atoms with Crippen molar-refractivity contribution < 1.29 is 18.9 Å². The predicted molar refractivity (Wildman–Crippen MR) is 163 cm³/mol. The molecule has 2 aromatic heterocycles. The van der Waals surface area contributed by atoms with Gasteiger partial charge in [-0.25, -0.2) is 4.99 Å². The van der Waals surface area contributed by atoms with Gasteiger partial charge >= 0.3 is 0 Å². The van der Waals surface area contributed by atoms with E-state index in [0.717, 1.165) is 11.3 Å². The number of carbonyl (C=O) groups excluding carboxylic acids is 1. The van der Waals surface area contributed by atoms with Crippen molar-refractivity contribution in [3.63, 3.8) is 0 Å². The Morgan fingerprint density at radius 2 is 1.84 bits per heavy atom. The summed E-state index contributed by atoms with van der Waals surface area (Å²) in [5.41, 5.74) is 1.98. The summed E-state index contributed by atoms with van der Waals surface area (Å²) in [6, 6.07) is 25.1. The third kappa shape index (κ3) is 5.29. The molecule has 10 nitrogen and oxygen atoms in total. The van der Waals surface area contributed by atoms with Crippen LogP contribution in [0.5, 0.6) is 5.75 Å². The summed E-state index contributed by atoms with van der Waals surface area (Å²) in [5.74, 6) is 0.843. The number of nitro benzene ring substituents is 1. The molecular formula is C32H24N4O6S. The smallest absolute Gasteiger partial charge is 0.280 e. The van der Waals surface area contributed by atoms with E-state index < -0.39 is 11.0 Å². The van der Waals surface area contributed by atoms with Gasteiger partial charge in [-0.05, 0) is 55.0 Å². The first kappa shape index (κ1) is 27.6. The number of nitrogens with zero attached hydrogens (tertiary/aromatic N) is 3. The zero-order valence-electron chi connectivity index (χ0n) is 23.0. The van der Waals surface area contributed by atoms with Gasteiger partial charge in [-0.1, -0.05) is 53.8 Å². The van der Waals surface area contributed by atoms with Gasteiger partial charge < -0.3 is 14.5 Å². The molecular weight excluding hydrogens is 568 g/mol. The van der Waals surface area contributed by atoms with E-state index in [9.17, 15) is 19.7 Å². The van der Waals surface area contributed by atoms with Crippen molar-refractivity contribution >= 4 is 34.7 Å². The monoisotopic (exact) mass is 592 g/mol. The number of hydrogen-bond donors (Lipinski definition) is 1. The Labute approximate surface area is 248 Å². The van der Waals surface area contributed by atoms with Crippen LogP contribution in [0.2, 0.25) is 0 Å². The predicted octanol–water partition coefficient (Wildman–Crippen LogP) is 5.05. The van der Waals surface area contributed by atoms with E-state index in [1.807, 2.05) is 24.3 Å². The quantitative estimate of drug-likeness (QED) is 0.208. The van der Waals surface area contributed by atoms with Crippen molar-refractivity contribution in [1.29, 1.82) is 0 Å². The van der Waals surface area contributed by atoms with Gasteiger partial charge in [0, 0.05) is 17.8 Å². The first-order valence-corrected chi connectivity index (χ1v) is 14.0. The summed E-state index contributed by atoms with van der Waals surface area (Å²) < 4.78 is 13.2. The van der Waals surface area contributed by atoms with E-state index in [1.54, 1.807) is 80.8 Å². The molecule has 0 unspecified atom stereocenters. The van der Waals surface area contributed by atoms with Crippen molar-refractivity contribution in [2.24, 2.45) is 4.99 Å². The summed E-state index contributed by atoms with van der Waals surface area (Å²) in [4.78, 5) is 43.8. The lowest BCUT2D eigenvalue weighted by molar-refractivity contribution is -0.384. The highest BCUT2D eigenvalue weighted by Crippen LogP contribution is 2.33. The summed E-state index contributed by atoms with van der Waals surface area (Å²) in [5, 5.41) is 14.4. The number of hydrogen-bond acceptors (Lipinski definition) is 8. The standard InChI is InChI=1S/C32H24N4O6S/c1-19-28(30(37)34-21-10-4-3-5-11-21)29(20-9-8-12-22(17-20)41-2)35-31(38)27(43-32(35)33-19)18-23-15-16-26(42-23)24-13-6-7-14-25(24)36(39)40/h3-18,29H,1-2H3,(H,34,37)/b27-18-/t29-/m1/s1. The van der Waals surface area contributed by atoms with E-state index in [2.05, 4.69) is 10.3 Å². The molecule has 0 saturated carbocycles. The molecule has 1 aliphatic rings. The first-order valence-electron chi connectivity index (χ1n) is 13.2. The molecule has 1 atom stereocenters. The molecule has 5 aromatic rings. The van der Waals surface area contributed by atoms with Crippen LogP contribution in [0.1, 0.15) is 24.3 Å². The number of methoxy groups -OCH3 is 1. The highest BCUT2D eigenvalue weighted by Gasteiger charge is 2.33. The summed E-state index contributed by atoms with van der Waals surface area (Å²) in [6.07, 6.45) is 1.58. The number of para-hydroxylation sites is 2. The molecule has 6 rings (SSSR count). The minimum absolute atomic E-state index is 0.0853. The molecule has 0 fully saturated rings. The van der Waals surface area contributed by atoms with Crippen LogP contribution < -0.4 is 24.9 Å². The van der Waals surface area contributed by atoms with Crippen LogP contribution in [0.15, 0.2) is 116 Å². The fourth-order valence-electron chi connectivity index (χ4n) is 5.00. The van der Waals surface area contributed by atoms with Crippen LogP contribution in [-0.4, -0.2) is 22.5 Å². The van der Waals surface area contributed by atoms with Gasteiger partial charge in [0.2, 0.25) is 0 Å². The maximum absolute atomic E-state index is 14.0. The van der Waals surface area contributed by atoms with Crippen LogP contribution in [0.3, 0.4) is 0 Å². The first-order chi connectivity index (χ1) is 20.8. The molecule has 0 spiro atoms. The fraction of sp³-hybridized carbons (Fsp3) is 0.0938. The van der Waals surface area contributed by atoms with Crippen LogP contribution in [0.25, 0.3) is 17.4 Å². The Kier molecular flexibility index (Phi) is 7.31. The van der Waals surface area contributed by atoms with Crippen molar-refractivity contribution in [3.8, 4) is 17.1 Å². The van der Waals surface area contributed by atoms with Crippen LogP contribution >= 0.6 is 11.3 Å². The van der Waals surface area contributed by atoms with Gasteiger partial charge in [0.1, 0.15) is 17.3 Å². The molecule has 1 aliphatic heterocycles. The molecule has 214 valence electrons. The summed E-state index contributed by atoms with van der Waals surface area (Å²) in [6.45, 7) is 1.75. The van der Waals surface area contributed by atoms with Gasteiger partial charge in [0.15, 0.2) is 4.80 Å². The Morgan fingerprint density at radius 1 is 1.07 bits per heavy atom. The number of fused-ring (bicyclic) bond motifs is 1. The zero-order valence-corrected chi connectivity index (χ0v) is 23.8. The third-order valence-corrected chi connectivity index (χ3v) is 7.96. The molecule has 11 heteroatoms. The number of rotatable bonds is 7. The van der Waals surface area contributed by atoms with Crippen molar-refractivity contribution in [1.82, 2.24) is 4.57 Å². The number of nitro groups is 1. The van der Waals surface area contributed by atoms with Gasteiger partial charge in [0.05, 0.1) is 39.4 Å². The number of anilines is 1. The number of ether oxygens (including phenoxy) is 1. The molecule has 0 aliphatic carbocycles. The minimum Gasteiger partial charge on any atom is -0.497 e. The second kappa shape index (κ2) is 11.4. The van der Waals surface area contributed by atoms with E-state index >= 15 is 0 Å². The number of furan rings is 1. The molecule has 1 amide bonds. The minimum atomic E-state index is -0.781. The lowest BCUT2D eigenvalue weighted by atomic mass is 9.95. The van der Waals surface area contributed by atoms with Gasteiger partial charge in [-0.2, -0.15) is 0 Å². The molecule has 1 N–H and O–H groups in total. The Bertz CT molecular complexity index is 2090. The van der Waals surface area contributed by atoms with E-state index in [1.165, 1.54) is 10.6 Å². The number of aromatic nitrogens is 1. The van der Waals surface area contributed by atoms with Crippen LogP contribution in [-0.2, 0) is 4.79 Å². The van der Waals surface area contributed by atoms with Gasteiger partial charge in [-0.3, -0.25) is 24.3 Å². The second-order valence-electron chi connectivity index (χ2n) is 9.65. The average molecular weight is 593 g/mol. The second-order valence-corrected chi connectivity index (χ2v) is 10.7. The molecule has 3 heterocycles. The van der Waals surface area contributed by atoms with Crippen LogP contribution in [0.4, 0.5) is 11.4 Å². The number of nitrogens with one attached hydrogen (secondary N) is 1. The highest BCUT2D eigenvalue weighted by atomic mass is 32.1. The molecule has 0 bridgehead atoms. The number of amides is 1. The summed E-state index contributed by atoms with van der Waals surface area (Å²) in [7, 11) is 1.55. The largest absolute Gasteiger partial charge is 0.497 e. The van der Waals surface area contributed by atoms with E-state index in [4.69, 9.17) is 9.15 Å². The Hall–Kier alpha value is -5.55. The molecule has 43 heavy (non-hydrogen) atoms. The maximum atomic E-state index is 14.0. The Morgan fingerprint density at radius 3 is 2.60 bits per heavy atom. The zero-order chi connectivity index (χ0) is 30.1. The van der Waals surface area contributed by atoms with E-state index in [0.29, 0.717) is 54.7 Å². The van der Waals surface area contributed by atoms with Crippen molar-refractivity contribution in [2.45, 2.75) is 13.0 Å². The lowest BCUT2D eigenvalue weighted by Gasteiger charge is -2.25. The molecule has 0 radical (unpaired) electrons. The van der Waals surface area contributed by atoms with Crippen molar-refractivity contribution in [3.05, 3.63) is 143 Å². The number of thiazole rings is 1. The summed E-state index contributed by atoms with van der Waals surface area (Å²) >= 11 is 1.16. The highest BCUT2D eigenvalue weighted by molar-refractivity contribution is 7.07. The SMILES string of the molecule is COc1cccc([C@@H]2C(C(=O)Nc3ccccc3)=C(C)N=c3s/c(=C\c4ccc(-c5ccccc5[N+](=O)[O-])o4)c(=O)n32)c1. The molecule has 3 aromatic carbocycles.